The van der Waals surface area contributed by atoms with E-state index < -0.39 is 36.4 Å². The zero-order chi connectivity index (χ0) is 27.0. The third-order valence-electron chi connectivity index (χ3n) is 7.75. The molecule has 1 saturated heterocycles. The molecule has 3 heterocycles. The Labute approximate surface area is 220 Å². The van der Waals surface area contributed by atoms with Crippen molar-refractivity contribution < 1.29 is 24.6 Å². The topological polar surface area (TPSA) is 199 Å². The Bertz CT molecular complexity index is 1180. The van der Waals surface area contributed by atoms with Gasteiger partial charge in [-0.2, -0.15) is 0 Å². The summed E-state index contributed by atoms with van der Waals surface area (Å²) in [6, 6.07) is 3.36. The zero-order valence-corrected chi connectivity index (χ0v) is 21.1. The Morgan fingerprint density at radius 2 is 1.84 bits per heavy atom. The molecule has 2 bridgehead atoms. The molecule has 1 aromatic rings. The Kier molecular flexibility index (Phi) is 6.97. The van der Waals surface area contributed by atoms with Gasteiger partial charge in [0.25, 0.3) is 5.91 Å². The lowest BCUT2D eigenvalue weighted by molar-refractivity contribution is -0.174. The first kappa shape index (κ1) is 25.9. The summed E-state index contributed by atoms with van der Waals surface area (Å²) in [4.78, 5) is 49.1. The molecule has 0 spiro atoms. The van der Waals surface area contributed by atoms with Crippen molar-refractivity contribution in [3.63, 3.8) is 0 Å². The van der Waals surface area contributed by atoms with Gasteiger partial charge in [0.2, 0.25) is 17.6 Å². The van der Waals surface area contributed by atoms with Gasteiger partial charge in [0.1, 0.15) is 6.04 Å². The monoisotopic (exact) mass is 526 g/mol. The number of aliphatic hydroxyl groups is 2. The summed E-state index contributed by atoms with van der Waals surface area (Å²) in [5, 5.41) is 27.7. The molecule has 4 aliphatic rings. The molecule has 204 valence electrons. The quantitative estimate of drug-likeness (QED) is 0.186. The molecule has 3 aliphatic heterocycles. The Balaban J connectivity index is 1.40. The number of hydrogen-bond donors (Lipinski definition) is 6. The van der Waals surface area contributed by atoms with E-state index in [0.29, 0.717) is 5.56 Å². The number of benzene rings is 1. The molecule has 0 saturated carbocycles. The van der Waals surface area contributed by atoms with E-state index in [0.717, 1.165) is 36.8 Å². The van der Waals surface area contributed by atoms with Crippen molar-refractivity contribution >= 4 is 29.6 Å². The fourth-order valence-electron chi connectivity index (χ4n) is 5.59. The summed E-state index contributed by atoms with van der Waals surface area (Å²) in [7, 11) is 0. The number of fused-ring (bicyclic) bond motifs is 3. The second-order valence-corrected chi connectivity index (χ2v) is 10.4. The van der Waals surface area contributed by atoms with Crippen LogP contribution < -0.4 is 22.1 Å². The first-order valence-corrected chi connectivity index (χ1v) is 13.0. The molecule has 38 heavy (non-hydrogen) atoms. The molecule has 3 unspecified atom stereocenters. The fourth-order valence-corrected chi connectivity index (χ4v) is 5.59. The molecule has 13 heteroatoms. The number of rotatable bonds is 4. The van der Waals surface area contributed by atoms with E-state index in [1.165, 1.54) is 4.90 Å². The maximum atomic E-state index is 13.4. The lowest BCUT2D eigenvalue weighted by atomic mass is 9.88. The Morgan fingerprint density at radius 3 is 2.61 bits per heavy atom. The molecule has 3 atom stereocenters. The van der Waals surface area contributed by atoms with Gasteiger partial charge in [-0.25, -0.2) is 9.98 Å². The van der Waals surface area contributed by atoms with Crippen LogP contribution in [-0.2, 0) is 22.4 Å². The van der Waals surface area contributed by atoms with Crippen LogP contribution in [0.15, 0.2) is 28.2 Å². The highest BCUT2D eigenvalue weighted by Gasteiger charge is 2.42. The highest BCUT2D eigenvalue weighted by atomic mass is 16.5. The van der Waals surface area contributed by atoms with Crippen molar-refractivity contribution in [3.05, 3.63) is 34.9 Å². The summed E-state index contributed by atoms with van der Waals surface area (Å²) < 4.78 is 0. The van der Waals surface area contributed by atoms with Crippen LogP contribution in [0.2, 0.25) is 0 Å². The van der Waals surface area contributed by atoms with Crippen molar-refractivity contribution in [2.45, 2.75) is 62.4 Å². The molecule has 3 amide bonds. The SMILES string of the molecule is NC1=NCC(O)(O)C(NC(=O)c2cccc3c2CCCC3)CN2CC(N1)C(CN1C(=O)CCC1=O)N=C2N. The molecule has 13 nitrogen and oxygen atoms in total. The molecule has 1 aromatic carbocycles. The number of imide groups is 1. The normalized spacial score (nSPS) is 27.2. The first-order chi connectivity index (χ1) is 18.1. The number of nitrogens with two attached hydrogens (primary N) is 2. The molecule has 1 aliphatic carbocycles. The molecule has 5 rings (SSSR count). The number of nitrogens with one attached hydrogen (secondary N) is 2. The maximum absolute atomic E-state index is 13.4. The van der Waals surface area contributed by atoms with Crippen molar-refractivity contribution in [1.29, 1.82) is 0 Å². The van der Waals surface area contributed by atoms with E-state index in [4.69, 9.17) is 11.5 Å². The Morgan fingerprint density at radius 1 is 1.11 bits per heavy atom. The van der Waals surface area contributed by atoms with Crippen LogP contribution >= 0.6 is 0 Å². The molecule has 0 radical (unpaired) electrons. The van der Waals surface area contributed by atoms with Gasteiger partial charge in [-0.15, -0.1) is 0 Å². The lowest BCUT2D eigenvalue weighted by Crippen LogP contribution is -2.66. The first-order valence-electron chi connectivity index (χ1n) is 13.0. The second-order valence-electron chi connectivity index (χ2n) is 10.4. The van der Waals surface area contributed by atoms with Gasteiger partial charge in [0.15, 0.2) is 11.9 Å². The van der Waals surface area contributed by atoms with E-state index in [1.54, 1.807) is 11.0 Å². The molecule has 8 N–H and O–H groups in total. The van der Waals surface area contributed by atoms with Gasteiger partial charge in [-0.1, -0.05) is 12.1 Å². The maximum Gasteiger partial charge on any atom is 0.252 e. The largest absolute Gasteiger partial charge is 0.370 e. The predicted octanol–water partition coefficient (Wildman–Crippen LogP) is -2.22. The number of aryl methyl sites for hydroxylation is 1. The summed E-state index contributed by atoms with van der Waals surface area (Å²) in [6.07, 6.45) is 4.09. The van der Waals surface area contributed by atoms with Gasteiger partial charge in [-0.3, -0.25) is 19.3 Å². The van der Waals surface area contributed by atoms with Crippen LogP contribution in [0.3, 0.4) is 0 Å². The highest BCUT2D eigenvalue weighted by Crippen LogP contribution is 2.25. The number of amides is 3. The highest BCUT2D eigenvalue weighted by molar-refractivity contribution is 6.02. The van der Waals surface area contributed by atoms with Crippen LogP contribution in [0, 0.1) is 0 Å². The smallest absolute Gasteiger partial charge is 0.252 e. The third kappa shape index (κ3) is 5.16. The molecular weight excluding hydrogens is 492 g/mol. The van der Waals surface area contributed by atoms with Crippen molar-refractivity contribution in [1.82, 2.24) is 20.4 Å². The number of aliphatic imine (C=N–C) groups is 2. The van der Waals surface area contributed by atoms with Crippen molar-refractivity contribution in [2.75, 3.05) is 26.2 Å². The van der Waals surface area contributed by atoms with E-state index in [1.807, 2.05) is 12.1 Å². The minimum atomic E-state index is -2.44. The number of carbonyl (C=O) groups excluding carboxylic acids is 3. The third-order valence-corrected chi connectivity index (χ3v) is 7.75. The van der Waals surface area contributed by atoms with Crippen LogP contribution in [0.25, 0.3) is 0 Å². The summed E-state index contributed by atoms with van der Waals surface area (Å²) in [6.45, 7) is -0.309. The van der Waals surface area contributed by atoms with Crippen LogP contribution in [0.1, 0.15) is 47.2 Å². The standard InChI is InChI=1S/C25H34N8O5/c26-23-28-13-25(37,38)19(31-22(36)16-7-3-5-14-4-1-2-6-15(14)16)12-32-10-17(29-23)18(30-24(32)27)11-33-20(34)8-9-21(33)35/h3,5,7,17-19,37-38H,1-2,4,6,8-13H2,(H2,27,30)(H,31,36)(H3,26,28,29). The van der Waals surface area contributed by atoms with Gasteiger partial charge >= 0.3 is 0 Å². The van der Waals surface area contributed by atoms with Crippen LogP contribution in [0.4, 0.5) is 0 Å². The number of nitrogens with zero attached hydrogens (tertiary/aromatic N) is 4. The summed E-state index contributed by atoms with van der Waals surface area (Å²) in [5.41, 5.74) is 14.9. The van der Waals surface area contributed by atoms with E-state index in [2.05, 4.69) is 20.6 Å². The van der Waals surface area contributed by atoms with E-state index in [9.17, 15) is 24.6 Å². The molecule has 1 fully saturated rings. The van der Waals surface area contributed by atoms with Gasteiger partial charge in [0, 0.05) is 31.5 Å². The van der Waals surface area contributed by atoms with Crippen LogP contribution in [0.5, 0.6) is 0 Å². The molecule has 0 aromatic heterocycles. The number of likely N-dealkylation sites (tertiary alicyclic amines) is 1. The lowest BCUT2D eigenvalue weighted by Gasteiger charge is -2.42. The Hall–Kier alpha value is -3.71. The van der Waals surface area contributed by atoms with E-state index in [-0.39, 0.29) is 56.2 Å². The number of hydrogen-bond acceptors (Lipinski definition) is 11. The average Bonchev–Trinajstić information content (AvgIpc) is 3.20. The minimum absolute atomic E-state index is 0.0420. The summed E-state index contributed by atoms with van der Waals surface area (Å²) in [5.74, 6) is -3.34. The average molecular weight is 527 g/mol. The predicted molar refractivity (Wildman–Crippen MR) is 138 cm³/mol. The molecular formula is C25H34N8O5. The van der Waals surface area contributed by atoms with Gasteiger partial charge in [0.05, 0.1) is 25.2 Å². The van der Waals surface area contributed by atoms with Crippen molar-refractivity contribution in [3.8, 4) is 0 Å². The van der Waals surface area contributed by atoms with E-state index >= 15 is 0 Å². The zero-order valence-electron chi connectivity index (χ0n) is 21.1. The number of guanidine groups is 2. The number of carbonyl (C=O) groups is 3. The fraction of sp³-hybridized carbons (Fsp3) is 0.560. The van der Waals surface area contributed by atoms with Crippen LogP contribution in [-0.4, -0.2) is 99.7 Å². The minimum Gasteiger partial charge on any atom is -0.370 e. The second kappa shape index (κ2) is 10.2. The van der Waals surface area contributed by atoms with Crippen molar-refractivity contribution in [2.24, 2.45) is 21.5 Å². The summed E-state index contributed by atoms with van der Waals surface area (Å²) >= 11 is 0. The van der Waals surface area contributed by atoms with Gasteiger partial charge < -0.3 is 37.2 Å². The van der Waals surface area contributed by atoms with Gasteiger partial charge in [-0.05, 0) is 42.9 Å².